The van der Waals surface area contributed by atoms with Crippen LogP contribution >= 0.6 is 0 Å². The van der Waals surface area contributed by atoms with Gasteiger partial charge in [0, 0.05) is 6.07 Å². The normalized spacial score (nSPS) is 12.2. The molecule has 1 unspecified atom stereocenters. The molecule has 0 amide bonds. The van der Waals surface area contributed by atoms with Crippen molar-refractivity contribution in [3.8, 4) is 5.75 Å². The molecule has 0 aliphatic heterocycles. The lowest BCUT2D eigenvalue weighted by atomic mass is 10.2. The van der Waals surface area contributed by atoms with Gasteiger partial charge in [-0.3, -0.25) is 14.4 Å². The number of ether oxygens (including phenoxy) is 1. The van der Waals surface area contributed by atoms with Crippen LogP contribution in [-0.4, -0.2) is 37.1 Å². The molecule has 1 N–H and O–H groups in total. The molecule has 0 aliphatic rings. The second kappa shape index (κ2) is 8.70. The van der Waals surface area contributed by atoms with Gasteiger partial charge in [0.25, 0.3) is 15.7 Å². The van der Waals surface area contributed by atoms with Gasteiger partial charge in [0.2, 0.25) is 0 Å². The lowest BCUT2D eigenvalue weighted by Gasteiger charge is -2.28. The first kappa shape index (κ1) is 21.2. The van der Waals surface area contributed by atoms with Crippen LogP contribution in [0.1, 0.15) is 20.3 Å². The summed E-state index contributed by atoms with van der Waals surface area (Å²) in [6.07, 6.45) is 0.788. The number of carbonyl (C=O) groups is 1. The molecule has 2 rings (SSSR count). The molecule has 0 bridgehead atoms. The topological polar surface area (TPSA) is 127 Å². The van der Waals surface area contributed by atoms with Crippen LogP contribution in [0.5, 0.6) is 5.75 Å². The summed E-state index contributed by atoms with van der Waals surface area (Å²) in [5, 5.41) is 20.7. The zero-order valence-electron chi connectivity index (χ0n) is 15.3. The van der Waals surface area contributed by atoms with E-state index in [0.717, 1.165) is 18.6 Å². The number of carboxylic acid groups (broad SMARTS) is 1. The van der Waals surface area contributed by atoms with Crippen LogP contribution in [0.15, 0.2) is 53.4 Å². The Labute approximate surface area is 162 Å². The molecule has 1 atom stereocenters. The van der Waals surface area contributed by atoms with Crippen LogP contribution in [0.2, 0.25) is 0 Å². The molecule has 9 nitrogen and oxygen atoms in total. The predicted octanol–water partition coefficient (Wildman–Crippen LogP) is 3.05. The predicted molar refractivity (Wildman–Crippen MR) is 102 cm³/mol. The number of carboxylic acids is 1. The molecule has 0 fully saturated rings. The van der Waals surface area contributed by atoms with E-state index < -0.39 is 37.5 Å². The van der Waals surface area contributed by atoms with Gasteiger partial charge in [0.05, 0.1) is 17.2 Å². The van der Waals surface area contributed by atoms with E-state index in [4.69, 9.17) is 4.74 Å². The van der Waals surface area contributed by atoms with Crippen molar-refractivity contribution in [2.45, 2.75) is 31.2 Å². The zero-order valence-corrected chi connectivity index (χ0v) is 16.1. The lowest BCUT2D eigenvalue weighted by Crippen LogP contribution is -2.43. The fraction of sp³-hybridized carbons (Fsp3) is 0.278. The molecule has 150 valence electrons. The Hall–Kier alpha value is -3.14. The number of rotatable bonds is 9. The van der Waals surface area contributed by atoms with E-state index in [2.05, 4.69) is 0 Å². The summed E-state index contributed by atoms with van der Waals surface area (Å²) in [7, 11) is -4.53. The highest BCUT2D eigenvalue weighted by atomic mass is 32.2. The van der Waals surface area contributed by atoms with E-state index in [9.17, 15) is 28.4 Å². The Kier molecular flexibility index (Phi) is 6.57. The van der Waals surface area contributed by atoms with Crippen molar-refractivity contribution in [2.75, 3.05) is 10.9 Å². The maximum Gasteiger partial charge on any atom is 0.327 e. The second-order valence-corrected chi connectivity index (χ2v) is 7.67. The average Bonchev–Trinajstić information content (AvgIpc) is 2.67. The highest BCUT2D eigenvalue weighted by Gasteiger charge is 2.37. The van der Waals surface area contributed by atoms with Crippen LogP contribution in [0.3, 0.4) is 0 Å². The standard InChI is InChI=1S/C18H20N2O7S/c1-3-12-27-15-10-8-14(9-11-15)19(13(2)18(21)22)28(25,26)17-7-5-4-6-16(17)20(23)24/h4-11,13H,3,12H2,1-2H3,(H,21,22). The van der Waals surface area contributed by atoms with Gasteiger partial charge in [-0.15, -0.1) is 0 Å². The third-order valence-electron chi connectivity index (χ3n) is 3.87. The highest BCUT2D eigenvalue weighted by molar-refractivity contribution is 7.93. The van der Waals surface area contributed by atoms with Crippen molar-refractivity contribution in [3.63, 3.8) is 0 Å². The molecule has 10 heteroatoms. The minimum Gasteiger partial charge on any atom is -0.494 e. The van der Waals surface area contributed by atoms with Crippen molar-refractivity contribution in [1.82, 2.24) is 0 Å². The summed E-state index contributed by atoms with van der Waals surface area (Å²) in [5.74, 6) is -0.898. The van der Waals surface area contributed by atoms with E-state index in [0.29, 0.717) is 16.7 Å². The van der Waals surface area contributed by atoms with Crippen molar-refractivity contribution >= 4 is 27.4 Å². The number of para-hydroxylation sites is 1. The van der Waals surface area contributed by atoms with Gasteiger partial charge in [0.1, 0.15) is 11.8 Å². The molecule has 0 saturated heterocycles. The van der Waals surface area contributed by atoms with Crippen LogP contribution in [-0.2, 0) is 14.8 Å². The minimum absolute atomic E-state index is 0.0527. The Bertz CT molecular complexity index is 958. The monoisotopic (exact) mass is 408 g/mol. The molecule has 0 aliphatic carbocycles. The molecular formula is C18H20N2O7S. The van der Waals surface area contributed by atoms with Gasteiger partial charge in [-0.1, -0.05) is 19.1 Å². The van der Waals surface area contributed by atoms with E-state index in [1.54, 1.807) is 0 Å². The van der Waals surface area contributed by atoms with Crippen molar-refractivity contribution in [2.24, 2.45) is 0 Å². The molecule has 2 aromatic carbocycles. The zero-order chi connectivity index (χ0) is 20.9. The Morgan fingerprint density at radius 2 is 1.82 bits per heavy atom. The number of hydrogen-bond acceptors (Lipinski definition) is 6. The summed E-state index contributed by atoms with van der Waals surface area (Å²) in [6, 6.07) is 9.14. The Morgan fingerprint density at radius 1 is 1.21 bits per heavy atom. The third kappa shape index (κ3) is 4.39. The first-order valence-electron chi connectivity index (χ1n) is 8.43. The average molecular weight is 408 g/mol. The highest BCUT2D eigenvalue weighted by Crippen LogP contribution is 2.32. The number of nitro groups is 1. The summed E-state index contributed by atoms with van der Waals surface area (Å²) in [4.78, 5) is 21.4. The van der Waals surface area contributed by atoms with Crippen molar-refractivity contribution in [1.29, 1.82) is 0 Å². The largest absolute Gasteiger partial charge is 0.494 e. The SMILES string of the molecule is CCCOc1ccc(N(C(C)C(=O)O)S(=O)(=O)c2ccccc2[N+](=O)[O-])cc1. The molecule has 0 spiro atoms. The maximum absolute atomic E-state index is 13.2. The third-order valence-corrected chi connectivity index (χ3v) is 5.82. The quantitative estimate of drug-likeness (QED) is 0.499. The summed E-state index contributed by atoms with van der Waals surface area (Å²) in [5.41, 5.74) is -0.579. The van der Waals surface area contributed by atoms with E-state index >= 15 is 0 Å². The molecule has 0 radical (unpaired) electrons. The van der Waals surface area contributed by atoms with Gasteiger partial charge in [-0.05, 0) is 43.7 Å². The first-order valence-corrected chi connectivity index (χ1v) is 9.87. The van der Waals surface area contributed by atoms with E-state index in [1.165, 1.54) is 43.3 Å². The molecule has 2 aromatic rings. The number of aliphatic carboxylic acids is 1. The lowest BCUT2D eigenvalue weighted by molar-refractivity contribution is -0.387. The molecule has 0 saturated carbocycles. The van der Waals surface area contributed by atoms with E-state index in [1.807, 2.05) is 6.92 Å². The van der Waals surface area contributed by atoms with Crippen LogP contribution in [0.25, 0.3) is 0 Å². The number of nitrogens with zero attached hydrogens (tertiary/aromatic N) is 2. The summed E-state index contributed by atoms with van der Waals surface area (Å²) in [6.45, 7) is 3.60. The molecule has 28 heavy (non-hydrogen) atoms. The van der Waals surface area contributed by atoms with Crippen molar-refractivity contribution in [3.05, 3.63) is 58.6 Å². The molecule has 0 heterocycles. The smallest absolute Gasteiger partial charge is 0.327 e. The fourth-order valence-electron chi connectivity index (χ4n) is 2.51. The van der Waals surface area contributed by atoms with Gasteiger partial charge in [-0.25, -0.2) is 13.2 Å². The van der Waals surface area contributed by atoms with Crippen LogP contribution < -0.4 is 9.04 Å². The Balaban J connectivity index is 2.58. The molecular weight excluding hydrogens is 388 g/mol. The first-order chi connectivity index (χ1) is 13.2. The summed E-state index contributed by atoms with van der Waals surface area (Å²) >= 11 is 0. The van der Waals surface area contributed by atoms with Gasteiger partial charge in [0.15, 0.2) is 4.90 Å². The van der Waals surface area contributed by atoms with Crippen molar-refractivity contribution < 1.29 is 28.0 Å². The summed E-state index contributed by atoms with van der Waals surface area (Å²) < 4.78 is 32.5. The number of nitro benzene ring substituents is 1. The van der Waals surface area contributed by atoms with Gasteiger partial charge >= 0.3 is 5.97 Å². The number of benzene rings is 2. The van der Waals surface area contributed by atoms with Crippen LogP contribution in [0, 0.1) is 10.1 Å². The minimum atomic E-state index is -4.53. The number of hydrogen-bond donors (Lipinski definition) is 1. The second-order valence-electron chi connectivity index (χ2n) is 5.88. The maximum atomic E-state index is 13.2. The van der Waals surface area contributed by atoms with E-state index in [-0.39, 0.29) is 5.69 Å². The fourth-order valence-corrected chi connectivity index (χ4v) is 4.29. The number of anilines is 1. The van der Waals surface area contributed by atoms with Gasteiger partial charge < -0.3 is 9.84 Å². The Morgan fingerprint density at radius 3 is 2.36 bits per heavy atom. The van der Waals surface area contributed by atoms with Gasteiger partial charge in [-0.2, -0.15) is 0 Å². The molecule has 0 aromatic heterocycles. The van der Waals surface area contributed by atoms with Crippen LogP contribution in [0.4, 0.5) is 11.4 Å². The number of sulfonamides is 1.